The van der Waals surface area contributed by atoms with Crippen LogP contribution in [0.4, 0.5) is 13.2 Å². The van der Waals surface area contributed by atoms with Crippen molar-refractivity contribution in [2.45, 2.75) is 19.2 Å². The Morgan fingerprint density at radius 3 is 2.62 bits per heavy atom. The van der Waals surface area contributed by atoms with Crippen molar-refractivity contribution in [3.8, 4) is 5.88 Å². The molecule has 0 saturated carbocycles. The van der Waals surface area contributed by atoms with Crippen LogP contribution in [0.2, 0.25) is 0 Å². The molecular formula is C8H7F3N2O3. The standard InChI is InChI=1S/C8H7F3N2O3/c1-4(7(14)15)16-6-2-5(8(9,10)11)12-3-13-6/h2-4H,1H3,(H,14,15). The summed E-state index contributed by atoms with van der Waals surface area (Å²) in [6, 6.07) is 0.541. The van der Waals surface area contributed by atoms with E-state index in [-0.39, 0.29) is 0 Å². The molecule has 0 fully saturated rings. The summed E-state index contributed by atoms with van der Waals surface area (Å²) in [5.74, 6) is -1.73. The molecule has 16 heavy (non-hydrogen) atoms. The van der Waals surface area contributed by atoms with Gasteiger partial charge in [-0.1, -0.05) is 0 Å². The average Bonchev–Trinajstić information content (AvgIpc) is 2.16. The number of halogens is 3. The number of alkyl halides is 3. The normalized spacial score (nSPS) is 13.2. The van der Waals surface area contributed by atoms with E-state index in [4.69, 9.17) is 5.11 Å². The van der Waals surface area contributed by atoms with Crippen molar-refractivity contribution >= 4 is 5.97 Å². The number of carboxylic acid groups (broad SMARTS) is 1. The molecule has 0 aliphatic carbocycles. The van der Waals surface area contributed by atoms with E-state index in [1.54, 1.807) is 0 Å². The van der Waals surface area contributed by atoms with Crippen molar-refractivity contribution in [2.75, 3.05) is 0 Å². The monoisotopic (exact) mass is 236 g/mol. The molecule has 0 aliphatic heterocycles. The molecule has 1 aromatic rings. The zero-order valence-electron chi connectivity index (χ0n) is 8.02. The molecular weight excluding hydrogens is 229 g/mol. The second-order valence-corrected chi connectivity index (χ2v) is 2.84. The van der Waals surface area contributed by atoms with Crippen LogP contribution in [-0.2, 0) is 11.0 Å². The summed E-state index contributed by atoms with van der Waals surface area (Å²) in [5, 5.41) is 8.48. The lowest BCUT2D eigenvalue weighted by molar-refractivity contribution is -0.144. The van der Waals surface area contributed by atoms with Crippen molar-refractivity contribution < 1.29 is 27.8 Å². The molecule has 1 heterocycles. The number of nitrogens with zero attached hydrogens (tertiary/aromatic N) is 2. The third-order valence-electron chi connectivity index (χ3n) is 1.58. The largest absolute Gasteiger partial charge is 0.479 e. The fourth-order valence-electron chi connectivity index (χ4n) is 0.790. The summed E-state index contributed by atoms with van der Waals surface area (Å²) < 4.78 is 41.3. The van der Waals surface area contributed by atoms with E-state index in [0.29, 0.717) is 12.4 Å². The lowest BCUT2D eigenvalue weighted by Crippen LogP contribution is -2.23. The molecule has 0 amide bonds. The molecule has 1 aromatic heterocycles. The Bertz CT molecular complexity index is 394. The Morgan fingerprint density at radius 2 is 2.12 bits per heavy atom. The van der Waals surface area contributed by atoms with E-state index in [2.05, 4.69) is 14.7 Å². The highest BCUT2D eigenvalue weighted by molar-refractivity contribution is 5.72. The van der Waals surface area contributed by atoms with Crippen LogP contribution in [0.15, 0.2) is 12.4 Å². The van der Waals surface area contributed by atoms with Gasteiger partial charge in [-0.3, -0.25) is 0 Å². The van der Waals surface area contributed by atoms with Crippen molar-refractivity contribution in [3.63, 3.8) is 0 Å². The van der Waals surface area contributed by atoms with Gasteiger partial charge in [-0.2, -0.15) is 13.2 Å². The third-order valence-corrected chi connectivity index (χ3v) is 1.58. The highest BCUT2D eigenvalue weighted by Gasteiger charge is 2.33. The van der Waals surface area contributed by atoms with Crippen LogP contribution in [-0.4, -0.2) is 27.1 Å². The van der Waals surface area contributed by atoms with Gasteiger partial charge in [-0.05, 0) is 6.92 Å². The highest BCUT2D eigenvalue weighted by Crippen LogP contribution is 2.28. The minimum Gasteiger partial charge on any atom is -0.479 e. The van der Waals surface area contributed by atoms with Crippen LogP contribution in [0.5, 0.6) is 5.88 Å². The second-order valence-electron chi connectivity index (χ2n) is 2.84. The summed E-state index contributed by atoms with van der Waals surface area (Å²) >= 11 is 0. The Hall–Kier alpha value is -1.86. The molecule has 0 aromatic carbocycles. The van der Waals surface area contributed by atoms with E-state index in [9.17, 15) is 18.0 Å². The minimum absolute atomic E-state index is 0.433. The Labute approximate surface area is 87.9 Å². The van der Waals surface area contributed by atoms with Gasteiger partial charge in [0.15, 0.2) is 11.8 Å². The summed E-state index contributed by atoms with van der Waals surface area (Å²) in [4.78, 5) is 16.8. The van der Waals surface area contributed by atoms with Gasteiger partial charge in [0.05, 0.1) is 0 Å². The second kappa shape index (κ2) is 4.33. The summed E-state index contributed by atoms with van der Waals surface area (Å²) in [7, 11) is 0. The number of carbonyl (C=O) groups is 1. The zero-order chi connectivity index (χ0) is 12.3. The van der Waals surface area contributed by atoms with Crippen LogP contribution >= 0.6 is 0 Å². The lowest BCUT2D eigenvalue weighted by Gasteiger charge is -2.10. The number of carboxylic acids is 1. The van der Waals surface area contributed by atoms with Crippen LogP contribution in [0.3, 0.4) is 0 Å². The van der Waals surface area contributed by atoms with E-state index in [1.165, 1.54) is 6.92 Å². The lowest BCUT2D eigenvalue weighted by atomic mass is 10.4. The molecule has 0 aliphatic rings. The Balaban J connectivity index is 2.87. The van der Waals surface area contributed by atoms with Crippen LogP contribution in [0, 0.1) is 0 Å². The topological polar surface area (TPSA) is 72.3 Å². The van der Waals surface area contributed by atoms with E-state index < -0.39 is 29.8 Å². The van der Waals surface area contributed by atoms with Gasteiger partial charge >= 0.3 is 12.1 Å². The molecule has 1 atom stereocenters. The fourth-order valence-corrected chi connectivity index (χ4v) is 0.790. The van der Waals surface area contributed by atoms with Crippen molar-refractivity contribution in [1.29, 1.82) is 0 Å². The Morgan fingerprint density at radius 1 is 1.50 bits per heavy atom. The molecule has 0 saturated heterocycles. The maximum atomic E-state index is 12.2. The van der Waals surface area contributed by atoms with E-state index >= 15 is 0 Å². The fraction of sp³-hybridized carbons (Fsp3) is 0.375. The summed E-state index contributed by atoms with van der Waals surface area (Å²) in [6.07, 6.45) is -5.24. The van der Waals surface area contributed by atoms with Crippen LogP contribution in [0.25, 0.3) is 0 Å². The quantitative estimate of drug-likeness (QED) is 0.857. The number of aliphatic carboxylic acids is 1. The first-order chi connectivity index (χ1) is 7.30. The molecule has 0 radical (unpaired) electrons. The van der Waals surface area contributed by atoms with Gasteiger partial charge in [-0.25, -0.2) is 14.8 Å². The van der Waals surface area contributed by atoms with Gasteiger partial charge in [0.2, 0.25) is 5.88 Å². The summed E-state index contributed by atoms with van der Waals surface area (Å²) in [5.41, 5.74) is -1.19. The van der Waals surface area contributed by atoms with Gasteiger partial charge in [0, 0.05) is 6.07 Å². The molecule has 1 N–H and O–H groups in total. The first kappa shape index (κ1) is 12.2. The van der Waals surface area contributed by atoms with Crippen molar-refractivity contribution in [3.05, 3.63) is 18.1 Å². The van der Waals surface area contributed by atoms with Crippen molar-refractivity contribution in [1.82, 2.24) is 9.97 Å². The average molecular weight is 236 g/mol. The van der Waals surface area contributed by atoms with E-state index in [0.717, 1.165) is 0 Å². The predicted octanol–water partition coefficient (Wildman–Crippen LogP) is 1.35. The molecule has 1 unspecified atom stereocenters. The summed E-state index contributed by atoms with van der Waals surface area (Å²) in [6.45, 7) is 1.18. The first-order valence-electron chi connectivity index (χ1n) is 4.09. The van der Waals surface area contributed by atoms with Gasteiger partial charge in [0.25, 0.3) is 0 Å². The van der Waals surface area contributed by atoms with Crippen molar-refractivity contribution in [2.24, 2.45) is 0 Å². The Kier molecular flexibility index (Phi) is 3.31. The number of hydrogen-bond donors (Lipinski definition) is 1. The van der Waals surface area contributed by atoms with Gasteiger partial charge in [0.1, 0.15) is 6.33 Å². The van der Waals surface area contributed by atoms with Gasteiger partial charge < -0.3 is 9.84 Å². The third kappa shape index (κ3) is 3.07. The van der Waals surface area contributed by atoms with Crippen LogP contribution in [0.1, 0.15) is 12.6 Å². The number of ether oxygens (including phenoxy) is 1. The number of hydrogen-bond acceptors (Lipinski definition) is 4. The zero-order valence-corrected chi connectivity index (χ0v) is 8.02. The SMILES string of the molecule is CC(Oc1cc(C(F)(F)F)ncn1)C(=O)O. The number of aromatic nitrogens is 2. The molecule has 1 rings (SSSR count). The number of rotatable bonds is 3. The molecule has 8 heteroatoms. The van der Waals surface area contributed by atoms with E-state index in [1.807, 2.05) is 0 Å². The van der Waals surface area contributed by atoms with Crippen LogP contribution < -0.4 is 4.74 Å². The maximum Gasteiger partial charge on any atom is 0.433 e. The van der Waals surface area contributed by atoms with Gasteiger partial charge in [-0.15, -0.1) is 0 Å². The molecule has 0 spiro atoms. The smallest absolute Gasteiger partial charge is 0.433 e. The minimum atomic E-state index is -4.62. The predicted molar refractivity (Wildman–Crippen MR) is 44.8 cm³/mol. The molecule has 0 bridgehead atoms. The highest BCUT2D eigenvalue weighted by atomic mass is 19.4. The first-order valence-corrected chi connectivity index (χ1v) is 4.09. The maximum absolute atomic E-state index is 12.2. The molecule has 5 nitrogen and oxygen atoms in total. The molecule has 88 valence electrons.